The van der Waals surface area contributed by atoms with E-state index in [1.54, 1.807) is 0 Å². The molecule has 1 amide bonds. The van der Waals surface area contributed by atoms with Gasteiger partial charge in [-0.2, -0.15) is 0 Å². The van der Waals surface area contributed by atoms with E-state index in [0.29, 0.717) is 0 Å². The van der Waals surface area contributed by atoms with Crippen molar-refractivity contribution in [2.24, 2.45) is 0 Å². The number of carbonyl (C=O) groups excluding carboxylic acids is 1. The molecule has 2 aliphatic rings. The minimum atomic E-state index is 0. The van der Waals surface area contributed by atoms with Crippen molar-refractivity contribution in [2.45, 2.75) is 18.9 Å². The Bertz CT molecular complexity index is 257. The number of nitrogens with one attached hydrogen (secondary N) is 2. The third-order valence-corrected chi connectivity index (χ3v) is 3.70. The predicted molar refractivity (Wildman–Crippen MR) is 89.7 cm³/mol. The Balaban J connectivity index is 0. The smallest absolute Gasteiger partial charge is 0.237 e. The summed E-state index contributed by atoms with van der Waals surface area (Å²) in [4.78, 5) is 16.5. The second-order valence-corrected chi connectivity index (χ2v) is 5.08. The van der Waals surface area contributed by atoms with Crippen LogP contribution in [0.1, 0.15) is 12.8 Å². The number of nitrogens with zero attached hydrogens (tertiary/aromatic N) is 2. The summed E-state index contributed by atoms with van der Waals surface area (Å²) in [5, 5.41) is 6.24. The van der Waals surface area contributed by atoms with Crippen LogP contribution in [-0.4, -0.2) is 74.6 Å². The van der Waals surface area contributed by atoms with Crippen molar-refractivity contribution in [2.75, 3.05) is 52.9 Å². The summed E-state index contributed by atoms with van der Waals surface area (Å²) in [7, 11) is 2.16. The van der Waals surface area contributed by atoms with E-state index < -0.39 is 0 Å². The van der Waals surface area contributed by atoms with Gasteiger partial charge in [-0.3, -0.25) is 9.69 Å². The lowest BCUT2D eigenvalue weighted by molar-refractivity contribution is -0.122. The Labute approximate surface area is 140 Å². The summed E-state index contributed by atoms with van der Waals surface area (Å²) in [6.45, 7) is 7.25. The lowest BCUT2D eigenvalue weighted by atomic mass is 10.2. The maximum absolute atomic E-state index is 11.7. The molecule has 2 fully saturated rings. The lowest BCUT2D eigenvalue weighted by Gasteiger charge is -2.32. The molecule has 5 nitrogen and oxygen atoms in total. The van der Waals surface area contributed by atoms with E-state index in [1.807, 2.05) is 0 Å². The van der Waals surface area contributed by atoms with Crippen LogP contribution in [0.4, 0.5) is 0 Å². The normalized spacial score (nSPS) is 23.1. The van der Waals surface area contributed by atoms with Gasteiger partial charge in [-0.05, 0) is 26.4 Å². The summed E-state index contributed by atoms with van der Waals surface area (Å²) in [6.07, 6.45) is 2.11. The van der Waals surface area contributed by atoms with Crippen LogP contribution in [0.15, 0.2) is 0 Å². The van der Waals surface area contributed by atoms with Gasteiger partial charge in [0.1, 0.15) is 0 Å². The number of hydrogen-bond acceptors (Lipinski definition) is 4. The van der Waals surface area contributed by atoms with Gasteiger partial charge in [0.2, 0.25) is 5.91 Å². The van der Waals surface area contributed by atoms with Crippen LogP contribution in [0.25, 0.3) is 0 Å². The van der Waals surface area contributed by atoms with E-state index in [0.717, 1.165) is 58.7 Å². The van der Waals surface area contributed by atoms with Gasteiger partial charge in [-0.1, -0.05) is 0 Å². The van der Waals surface area contributed by atoms with Gasteiger partial charge in [0.25, 0.3) is 0 Å². The first-order valence-electron chi connectivity index (χ1n) is 6.68. The molecular weight excluding hydrogens is 323 g/mol. The minimum absolute atomic E-state index is 0. The maximum Gasteiger partial charge on any atom is 0.237 e. The molecule has 1 unspecified atom stereocenters. The summed E-state index contributed by atoms with van der Waals surface area (Å²) in [5.41, 5.74) is 0. The minimum Gasteiger partial charge on any atom is -0.353 e. The molecule has 0 aromatic carbocycles. The number of hydrogen-bond donors (Lipinski definition) is 2. The fourth-order valence-corrected chi connectivity index (χ4v) is 2.44. The van der Waals surface area contributed by atoms with E-state index in [-0.39, 0.29) is 49.2 Å². The van der Waals surface area contributed by atoms with Crippen LogP contribution in [0.2, 0.25) is 0 Å². The SMILES string of the molecule is CN1CCN(CCNC(=O)C2CCCN2)CC1.Cl.Cl.Cl. The van der Waals surface area contributed by atoms with Crippen molar-refractivity contribution >= 4 is 43.1 Å². The third-order valence-electron chi connectivity index (χ3n) is 3.70. The summed E-state index contributed by atoms with van der Waals surface area (Å²) in [5.74, 6) is 0.177. The van der Waals surface area contributed by atoms with E-state index in [4.69, 9.17) is 0 Å². The number of rotatable bonds is 4. The van der Waals surface area contributed by atoms with Crippen molar-refractivity contribution in [3.8, 4) is 0 Å². The largest absolute Gasteiger partial charge is 0.353 e. The monoisotopic (exact) mass is 348 g/mol. The molecule has 2 N–H and O–H groups in total. The van der Waals surface area contributed by atoms with Crippen molar-refractivity contribution in [1.29, 1.82) is 0 Å². The second-order valence-electron chi connectivity index (χ2n) is 5.08. The summed E-state index contributed by atoms with van der Waals surface area (Å²) < 4.78 is 0. The number of likely N-dealkylation sites (N-methyl/N-ethyl adjacent to an activating group) is 1. The van der Waals surface area contributed by atoms with Gasteiger partial charge in [0, 0.05) is 39.3 Å². The standard InChI is InChI=1S/C12H24N4O.3ClH/c1-15-7-9-16(10-8-15)6-5-14-12(17)11-3-2-4-13-11;;;/h11,13H,2-10H2,1H3,(H,14,17);3*1H. The van der Waals surface area contributed by atoms with E-state index >= 15 is 0 Å². The molecule has 2 heterocycles. The van der Waals surface area contributed by atoms with Crippen molar-refractivity contribution in [3.63, 3.8) is 0 Å². The number of amides is 1. The van der Waals surface area contributed by atoms with Gasteiger partial charge >= 0.3 is 0 Å². The topological polar surface area (TPSA) is 47.6 Å². The lowest BCUT2D eigenvalue weighted by Crippen LogP contribution is -2.48. The van der Waals surface area contributed by atoms with Crippen LogP contribution in [0.3, 0.4) is 0 Å². The molecular formula is C12H27Cl3N4O. The second kappa shape index (κ2) is 11.8. The molecule has 0 spiro atoms. The van der Waals surface area contributed by atoms with Gasteiger partial charge < -0.3 is 15.5 Å². The molecule has 2 rings (SSSR count). The summed E-state index contributed by atoms with van der Waals surface area (Å²) >= 11 is 0. The van der Waals surface area contributed by atoms with E-state index in [2.05, 4.69) is 27.5 Å². The Kier molecular flexibility index (Phi) is 13.3. The number of halogens is 3. The molecule has 0 aliphatic carbocycles. The molecule has 0 aromatic rings. The van der Waals surface area contributed by atoms with E-state index in [1.165, 1.54) is 0 Å². The summed E-state index contributed by atoms with van der Waals surface area (Å²) in [6, 6.07) is 0.0579. The maximum atomic E-state index is 11.7. The van der Waals surface area contributed by atoms with Crippen LogP contribution in [0, 0.1) is 0 Å². The number of piperazine rings is 1. The van der Waals surface area contributed by atoms with E-state index in [9.17, 15) is 4.79 Å². The Morgan fingerprint density at radius 3 is 2.40 bits per heavy atom. The van der Waals surface area contributed by atoms with Gasteiger partial charge in [-0.15, -0.1) is 37.2 Å². The average Bonchev–Trinajstić information content (AvgIpc) is 2.85. The molecule has 8 heteroatoms. The fourth-order valence-electron chi connectivity index (χ4n) is 2.44. The highest BCUT2D eigenvalue weighted by Crippen LogP contribution is 2.04. The molecule has 0 saturated carbocycles. The Morgan fingerprint density at radius 2 is 1.85 bits per heavy atom. The van der Waals surface area contributed by atoms with Crippen LogP contribution in [0.5, 0.6) is 0 Å². The Morgan fingerprint density at radius 1 is 1.20 bits per heavy atom. The molecule has 20 heavy (non-hydrogen) atoms. The Hall–Kier alpha value is 0.220. The fraction of sp³-hybridized carbons (Fsp3) is 0.917. The first kappa shape index (κ1) is 22.5. The van der Waals surface area contributed by atoms with Crippen molar-refractivity contribution in [3.05, 3.63) is 0 Å². The van der Waals surface area contributed by atoms with Crippen molar-refractivity contribution < 1.29 is 4.79 Å². The molecule has 1 atom stereocenters. The highest BCUT2D eigenvalue weighted by Gasteiger charge is 2.21. The predicted octanol–water partition coefficient (Wildman–Crippen LogP) is 0.367. The highest BCUT2D eigenvalue weighted by molar-refractivity contribution is 5.86. The zero-order chi connectivity index (χ0) is 12.1. The molecule has 0 radical (unpaired) electrons. The first-order valence-corrected chi connectivity index (χ1v) is 6.68. The van der Waals surface area contributed by atoms with Gasteiger partial charge in [-0.25, -0.2) is 0 Å². The quantitative estimate of drug-likeness (QED) is 0.770. The molecule has 0 bridgehead atoms. The molecule has 2 saturated heterocycles. The van der Waals surface area contributed by atoms with Crippen LogP contribution < -0.4 is 10.6 Å². The van der Waals surface area contributed by atoms with Gasteiger partial charge in [0.15, 0.2) is 0 Å². The highest BCUT2D eigenvalue weighted by atomic mass is 35.5. The number of carbonyl (C=O) groups is 1. The third kappa shape index (κ3) is 7.29. The first-order chi connectivity index (χ1) is 8.25. The average molecular weight is 350 g/mol. The zero-order valence-electron chi connectivity index (χ0n) is 12.0. The van der Waals surface area contributed by atoms with Crippen LogP contribution >= 0.6 is 37.2 Å². The van der Waals surface area contributed by atoms with Crippen LogP contribution in [-0.2, 0) is 4.79 Å². The molecule has 2 aliphatic heterocycles. The van der Waals surface area contributed by atoms with Gasteiger partial charge in [0.05, 0.1) is 6.04 Å². The zero-order valence-corrected chi connectivity index (χ0v) is 14.4. The van der Waals surface area contributed by atoms with Crippen molar-refractivity contribution in [1.82, 2.24) is 20.4 Å². The molecule has 122 valence electrons. The molecule has 0 aromatic heterocycles.